The Morgan fingerprint density at radius 1 is 1.27 bits per heavy atom. The van der Waals surface area contributed by atoms with E-state index < -0.39 is 5.79 Å². The van der Waals surface area contributed by atoms with E-state index in [-0.39, 0.29) is 12.4 Å². The zero-order valence-corrected chi connectivity index (χ0v) is 10.1. The zero-order valence-electron chi connectivity index (χ0n) is 10.1. The monoisotopic (exact) mass is 218 g/mol. The zero-order chi connectivity index (χ0) is 11.3. The molecule has 1 atom stereocenters. The van der Waals surface area contributed by atoms with Gasteiger partial charge in [0.2, 0.25) is 0 Å². The summed E-state index contributed by atoms with van der Waals surface area (Å²) in [6.07, 6.45) is 0.621. The van der Waals surface area contributed by atoms with E-state index in [4.69, 9.17) is 18.9 Å². The van der Waals surface area contributed by atoms with Crippen molar-refractivity contribution < 1.29 is 18.9 Å². The van der Waals surface area contributed by atoms with Gasteiger partial charge in [-0.25, -0.2) is 0 Å². The van der Waals surface area contributed by atoms with Gasteiger partial charge in [0.15, 0.2) is 12.1 Å². The van der Waals surface area contributed by atoms with E-state index in [1.807, 2.05) is 27.7 Å². The van der Waals surface area contributed by atoms with Crippen molar-refractivity contribution in [1.29, 1.82) is 0 Å². The average molecular weight is 218 g/mol. The topological polar surface area (TPSA) is 36.9 Å². The van der Waals surface area contributed by atoms with Crippen LogP contribution in [0.2, 0.25) is 0 Å². The second-order valence-corrected chi connectivity index (χ2v) is 4.03. The van der Waals surface area contributed by atoms with Gasteiger partial charge in [0.1, 0.15) is 0 Å². The Morgan fingerprint density at radius 2 is 1.87 bits per heavy atom. The summed E-state index contributed by atoms with van der Waals surface area (Å²) in [5, 5.41) is 0. The molecule has 0 aromatic rings. The molecule has 0 amide bonds. The normalized spacial score (nSPS) is 25.0. The predicted octanol–water partition coefficient (Wildman–Crippen LogP) is 1.93. The fraction of sp³-hybridized carbons (Fsp3) is 1.00. The molecule has 0 aromatic heterocycles. The van der Waals surface area contributed by atoms with Crippen LogP contribution >= 0.6 is 0 Å². The fourth-order valence-electron chi connectivity index (χ4n) is 1.65. The summed E-state index contributed by atoms with van der Waals surface area (Å²) < 4.78 is 22.1. The SMILES string of the molecule is CCOC(C[C@@H]1COC(C)(C)O1)OCC. The first-order valence-corrected chi connectivity index (χ1v) is 5.62. The first-order valence-electron chi connectivity index (χ1n) is 5.62. The van der Waals surface area contributed by atoms with Gasteiger partial charge in [0.25, 0.3) is 0 Å². The lowest BCUT2D eigenvalue weighted by atomic mass is 10.2. The van der Waals surface area contributed by atoms with Crippen molar-refractivity contribution >= 4 is 0 Å². The van der Waals surface area contributed by atoms with E-state index in [0.717, 1.165) is 6.42 Å². The van der Waals surface area contributed by atoms with Gasteiger partial charge < -0.3 is 18.9 Å². The summed E-state index contributed by atoms with van der Waals surface area (Å²) in [5.41, 5.74) is 0. The Morgan fingerprint density at radius 3 is 2.27 bits per heavy atom. The quantitative estimate of drug-likeness (QED) is 0.638. The third-order valence-electron chi connectivity index (χ3n) is 2.23. The maximum absolute atomic E-state index is 5.69. The second kappa shape index (κ2) is 5.80. The van der Waals surface area contributed by atoms with Gasteiger partial charge in [-0.3, -0.25) is 0 Å². The highest BCUT2D eigenvalue weighted by Gasteiger charge is 2.34. The molecule has 1 aliphatic rings. The van der Waals surface area contributed by atoms with Gasteiger partial charge in [-0.05, 0) is 27.7 Å². The molecule has 1 aliphatic heterocycles. The Labute approximate surface area is 91.8 Å². The van der Waals surface area contributed by atoms with Crippen molar-refractivity contribution in [2.24, 2.45) is 0 Å². The highest BCUT2D eigenvalue weighted by Crippen LogP contribution is 2.25. The molecule has 0 spiro atoms. The molecule has 90 valence electrons. The van der Waals surface area contributed by atoms with E-state index >= 15 is 0 Å². The van der Waals surface area contributed by atoms with Gasteiger partial charge in [-0.1, -0.05) is 0 Å². The minimum absolute atomic E-state index is 0.0723. The molecule has 0 aliphatic carbocycles. The van der Waals surface area contributed by atoms with Gasteiger partial charge in [-0.2, -0.15) is 0 Å². The average Bonchev–Trinajstić information content (AvgIpc) is 2.46. The van der Waals surface area contributed by atoms with Crippen molar-refractivity contribution in [1.82, 2.24) is 0 Å². The first-order chi connectivity index (χ1) is 7.07. The lowest BCUT2D eigenvalue weighted by molar-refractivity contribution is -0.172. The van der Waals surface area contributed by atoms with Crippen LogP contribution in [0.25, 0.3) is 0 Å². The summed E-state index contributed by atoms with van der Waals surface area (Å²) in [7, 11) is 0. The Balaban J connectivity index is 2.32. The summed E-state index contributed by atoms with van der Waals surface area (Å²) in [6.45, 7) is 9.68. The standard InChI is InChI=1S/C11H22O4/c1-5-12-10(13-6-2)7-9-8-14-11(3,4)15-9/h9-10H,5-8H2,1-4H3/t9-/m1/s1. The van der Waals surface area contributed by atoms with Crippen LogP contribution in [0.15, 0.2) is 0 Å². The molecule has 1 rings (SSSR count). The Bertz CT molecular complexity index is 175. The van der Waals surface area contributed by atoms with Crippen LogP contribution in [-0.2, 0) is 18.9 Å². The second-order valence-electron chi connectivity index (χ2n) is 4.03. The molecule has 1 heterocycles. The molecule has 4 nitrogen and oxygen atoms in total. The summed E-state index contributed by atoms with van der Waals surface area (Å²) in [5.74, 6) is -0.465. The van der Waals surface area contributed by atoms with Crippen molar-refractivity contribution in [3.63, 3.8) is 0 Å². The molecule has 15 heavy (non-hydrogen) atoms. The molecule has 0 bridgehead atoms. The third-order valence-corrected chi connectivity index (χ3v) is 2.23. The molecule has 0 unspecified atom stereocenters. The number of hydrogen-bond acceptors (Lipinski definition) is 4. The van der Waals surface area contributed by atoms with Crippen molar-refractivity contribution in [2.45, 2.75) is 52.3 Å². The molecule has 0 aromatic carbocycles. The summed E-state index contributed by atoms with van der Waals surface area (Å²) >= 11 is 0. The first kappa shape index (κ1) is 12.9. The maximum Gasteiger partial charge on any atom is 0.163 e. The smallest absolute Gasteiger partial charge is 0.163 e. The van der Waals surface area contributed by atoms with Crippen LogP contribution in [0.5, 0.6) is 0 Å². The van der Waals surface area contributed by atoms with Crippen molar-refractivity contribution in [3.05, 3.63) is 0 Å². The number of ether oxygens (including phenoxy) is 4. The van der Waals surface area contributed by atoms with Gasteiger partial charge >= 0.3 is 0 Å². The van der Waals surface area contributed by atoms with E-state index in [1.54, 1.807) is 0 Å². The van der Waals surface area contributed by atoms with Crippen LogP contribution in [0.4, 0.5) is 0 Å². The minimum atomic E-state index is -0.465. The fourth-order valence-corrected chi connectivity index (χ4v) is 1.65. The Hall–Kier alpha value is -0.160. The van der Waals surface area contributed by atoms with Gasteiger partial charge in [0, 0.05) is 19.6 Å². The van der Waals surface area contributed by atoms with Crippen LogP contribution < -0.4 is 0 Å². The predicted molar refractivity (Wildman–Crippen MR) is 56.6 cm³/mol. The molecule has 0 radical (unpaired) electrons. The van der Waals surface area contributed by atoms with E-state index in [2.05, 4.69) is 0 Å². The lowest BCUT2D eigenvalue weighted by Gasteiger charge is -2.21. The van der Waals surface area contributed by atoms with Crippen LogP contribution in [0, 0.1) is 0 Å². The number of rotatable bonds is 6. The highest BCUT2D eigenvalue weighted by atomic mass is 16.7. The van der Waals surface area contributed by atoms with Crippen molar-refractivity contribution in [2.75, 3.05) is 19.8 Å². The molecular formula is C11H22O4. The van der Waals surface area contributed by atoms with Crippen LogP contribution in [-0.4, -0.2) is 38.0 Å². The van der Waals surface area contributed by atoms with Gasteiger partial charge in [-0.15, -0.1) is 0 Å². The van der Waals surface area contributed by atoms with Crippen LogP contribution in [0.3, 0.4) is 0 Å². The molecule has 1 fully saturated rings. The lowest BCUT2D eigenvalue weighted by Crippen LogP contribution is -2.27. The van der Waals surface area contributed by atoms with Crippen LogP contribution in [0.1, 0.15) is 34.1 Å². The maximum atomic E-state index is 5.69. The van der Waals surface area contributed by atoms with E-state index in [9.17, 15) is 0 Å². The molecule has 1 saturated heterocycles. The summed E-state index contributed by atoms with van der Waals surface area (Å²) in [4.78, 5) is 0. The van der Waals surface area contributed by atoms with Crippen molar-refractivity contribution in [3.8, 4) is 0 Å². The molecule has 0 N–H and O–H groups in total. The molecule has 0 saturated carbocycles. The highest BCUT2D eigenvalue weighted by molar-refractivity contribution is 4.72. The molecule has 4 heteroatoms. The van der Waals surface area contributed by atoms with Gasteiger partial charge in [0.05, 0.1) is 12.7 Å². The Kier molecular flexibility index (Phi) is 4.99. The molecular weight excluding hydrogens is 196 g/mol. The van der Waals surface area contributed by atoms with E-state index in [0.29, 0.717) is 19.8 Å². The van der Waals surface area contributed by atoms with E-state index in [1.165, 1.54) is 0 Å². The summed E-state index contributed by atoms with van der Waals surface area (Å²) in [6, 6.07) is 0. The largest absolute Gasteiger partial charge is 0.353 e. The third kappa shape index (κ3) is 4.47. The number of hydrogen-bond donors (Lipinski definition) is 0. The minimum Gasteiger partial charge on any atom is -0.353 e.